The number of nitrogens with two attached hydrogens (primary N) is 1. The van der Waals surface area contributed by atoms with Gasteiger partial charge in [-0.15, -0.1) is 0 Å². The monoisotopic (exact) mass is 249 g/mol. The highest BCUT2D eigenvalue weighted by atomic mass is 16.1. The van der Waals surface area contributed by atoms with E-state index < -0.39 is 0 Å². The first kappa shape index (κ1) is 14.7. The van der Waals surface area contributed by atoms with Crippen LogP contribution in [0.4, 0.5) is 0 Å². The van der Waals surface area contributed by atoms with E-state index in [1.165, 1.54) is 0 Å². The van der Waals surface area contributed by atoms with Gasteiger partial charge in [0.15, 0.2) is 0 Å². The van der Waals surface area contributed by atoms with Gasteiger partial charge in [0.05, 0.1) is 0 Å². The summed E-state index contributed by atoms with van der Waals surface area (Å²) in [7, 11) is 4.15. The molecule has 0 heterocycles. The zero-order valence-corrected chi connectivity index (χ0v) is 11.7. The Balaban J connectivity index is 2.47. The fourth-order valence-corrected chi connectivity index (χ4v) is 1.46. The van der Waals surface area contributed by atoms with Crippen LogP contribution in [0.2, 0.25) is 0 Å². The van der Waals surface area contributed by atoms with Gasteiger partial charge in [-0.2, -0.15) is 0 Å². The Morgan fingerprint density at radius 1 is 1.28 bits per heavy atom. The van der Waals surface area contributed by atoms with Crippen LogP contribution < -0.4 is 11.1 Å². The highest BCUT2D eigenvalue weighted by Gasteiger charge is 2.19. The van der Waals surface area contributed by atoms with Gasteiger partial charge in [-0.3, -0.25) is 4.79 Å². The number of likely N-dealkylation sites (N-methyl/N-ethyl adjacent to an activating group) is 1. The van der Waals surface area contributed by atoms with Crippen LogP contribution in [0.25, 0.3) is 0 Å². The molecule has 0 unspecified atom stereocenters. The van der Waals surface area contributed by atoms with Crippen molar-refractivity contribution in [3.63, 3.8) is 0 Å². The molecule has 0 aliphatic carbocycles. The van der Waals surface area contributed by atoms with Crippen LogP contribution in [0.1, 0.15) is 29.8 Å². The summed E-state index contributed by atoms with van der Waals surface area (Å²) in [5.74, 6) is -0.386. The minimum atomic E-state index is -0.386. The van der Waals surface area contributed by atoms with Crippen LogP contribution in [-0.4, -0.2) is 37.0 Å². The molecule has 0 aliphatic heterocycles. The topological polar surface area (TPSA) is 58.4 Å². The van der Waals surface area contributed by atoms with Crippen LogP contribution in [0.5, 0.6) is 0 Å². The lowest BCUT2D eigenvalue weighted by Crippen LogP contribution is -2.46. The fraction of sp³-hybridized carbons (Fsp3) is 0.500. The number of nitrogens with one attached hydrogen (secondary N) is 1. The summed E-state index contributed by atoms with van der Waals surface area (Å²) in [6.07, 6.45) is 0. The fourth-order valence-electron chi connectivity index (χ4n) is 1.46. The van der Waals surface area contributed by atoms with Crippen molar-refractivity contribution in [2.75, 3.05) is 20.6 Å². The Hall–Kier alpha value is -1.39. The van der Waals surface area contributed by atoms with Gasteiger partial charge >= 0.3 is 0 Å². The molecule has 100 valence electrons. The molecular weight excluding hydrogens is 226 g/mol. The normalized spacial score (nSPS) is 11.8. The van der Waals surface area contributed by atoms with Crippen LogP contribution in [0.3, 0.4) is 0 Å². The predicted octanol–water partition coefficient (Wildman–Crippen LogP) is 1.22. The molecule has 1 aromatic carbocycles. The van der Waals surface area contributed by atoms with Gasteiger partial charge in [0, 0.05) is 24.2 Å². The number of rotatable bonds is 6. The average Bonchev–Trinajstić information content (AvgIpc) is 2.29. The largest absolute Gasteiger partial charge is 0.366 e. The number of primary amides is 1. The number of carbonyl (C=O) groups excluding carboxylic acids is 1. The van der Waals surface area contributed by atoms with Crippen molar-refractivity contribution in [1.82, 2.24) is 10.2 Å². The Kier molecular flexibility index (Phi) is 4.87. The molecule has 18 heavy (non-hydrogen) atoms. The van der Waals surface area contributed by atoms with E-state index in [4.69, 9.17) is 5.73 Å². The van der Waals surface area contributed by atoms with Gasteiger partial charge in [-0.1, -0.05) is 12.1 Å². The second-order valence-corrected chi connectivity index (χ2v) is 5.37. The SMILES string of the molecule is CN(C)C(C)(C)CNCc1ccc(C(N)=O)cc1. The zero-order valence-electron chi connectivity index (χ0n) is 11.7. The number of hydrogen-bond acceptors (Lipinski definition) is 3. The Morgan fingerprint density at radius 2 is 1.83 bits per heavy atom. The highest BCUT2D eigenvalue weighted by Crippen LogP contribution is 2.09. The average molecular weight is 249 g/mol. The lowest BCUT2D eigenvalue weighted by molar-refractivity contribution is 0.100. The summed E-state index contributed by atoms with van der Waals surface area (Å²) in [6.45, 7) is 6.07. The second kappa shape index (κ2) is 5.98. The standard InChI is InChI=1S/C14H23N3O/c1-14(2,17(3)4)10-16-9-11-5-7-12(8-6-11)13(15)18/h5-8,16H,9-10H2,1-4H3,(H2,15,18). The van der Waals surface area contributed by atoms with Crippen LogP contribution in [0.15, 0.2) is 24.3 Å². The van der Waals surface area contributed by atoms with Crippen molar-refractivity contribution in [3.05, 3.63) is 35.4 Å². The molecule has 0 aromatic heterocycles. The van der Waals surface area contributed by atoms with Gasteiger partial charge in [0.25, 0.3) is 0 Å². The molecule has 4 nitrogen and oxygen atoms in total. The molecule has 0 radical (unpaired) electrons. The summed E-state index contributed by atoms with van der Waals surface area (Å²) >= 11 is 0. The third-order valence-electron chi connectivity index (χ3n) is 3.34. The van der Waals surface area contributed by atoms with Crippen molar-refractivity contribution in [3.8, 4) is 0 Å². The minimum Gasteiger partial charge on any atom is -0.366 e. The van der Waals surface area contributed by atoms with Crippen molar-refractivity contribution in [1.29, 1.82) is 0 Å². The maximum absolute atomic E-state index is 10.9. The maximum atomic E-state index is 10.9. The molecule has 4 heteroatoms. The summed E-state index contributed by atoms with van der Waals surface area (Å²) < 4.78 is 0. The zero-order chi connectivity index (χ0) is 13.8. The van der Waals surface area contributed by atoms with Crippen molar-refractivity contribution in [2.45, 2.75) is 25.9 Å². The van der Waals surface area contributed by atoms with Gasteiger partial charge in [0.2, 0.25) is 5.91 Å². The summed E-state index contributed by atoms with van der Waals surface area (Å²) in [5.41, 5.74) is 7.01. The second-order valence-electron chi connectivity index (χ2n) is 5.37. The molecule has 0 spiro atoms. The van der Waals surface area contributed by atoms with Crippen molar-refractivity contribution >= 4 is 5.91 Å². The molecule has 0 aliphatic rings. The molecule has 0 fully saturated rings. The van der Waals surface area contributed by atoms with E-state index in [0.29, 0.717) is 5.56 Å². The number of carbonyl (C=O) groups is 1. The van der Waals surface area contributed by atoms with E-state index in [-0.39, 0.29) is 11.4 Å². The first-order valence-corrected chi connectivity index (χ1v) is 6.10. The number of nitrogens with zero attached hydrogens (tertiary/aromatic N) is 1. The Bertz CT molecular complexity index is 396. The smallest absolute Gasteiger partial charge is 0.248 e. The van der Waals surface area contributed by atoms with Crippen molar-refractivity contribution < 1.29 is 4.79 Å². The molecule has 0 atom stereocenters. The van der Waals surface area contributed by atoms with Crippen molar-refractivity contribution in [2.24, 2.45) is 5.73 Å². The van der Waals surface area contributed by atoms with Gasteiger partial charge < -0.3 is 16.0 Å². The molecular formula is C14H23N3O. The van der Waals surface area contributed by atoms with E-state index in [1.54, 1.807) is 12.1 Å². The molecule has 0 saturated carbocycles. The first-order chi connectivity index (χ1) is 8.33. The van der Waals surface area contributed by atoms with E-state index in [9.17, 15) is 4.79 Å². The van der Waals surface area contributed by atoms with E-state index in [0.717, 1.165) is 18.7 Å². The summed E-state index contributed by atoms with van der Waals surface area (Å²) in [4.78, 5) is 13.1. The van der Waals surface area contributed by atoms with Crippen LogP contribution >= 0.6 is 0 Å². The lowest BCUT2D eigenvalue weighted by Gasteiger charge is -2.32. The number of hydrogen-bond donors (Lipinski definition) is 2. The molecule has 1 rings (SSSR count). The third kappa shape index (κ3) is 4.13. The lowest BCUT2D eigenvalue weighted by atomic mass is 10.0. The number of amides is 1. The summed E-state index contributed by atoms with van der Waals surface area (Å²) in [6, 6.07) is 7.37. The predicted molar refractivity (Wildman–Crippen MR) is 74.4 cm³/mol. The minimum absolute atomic E-state index is 0.118. The third-order valence-corrected chi connectivity index (χ3v) is 3.34. The van der Waals surface area contributed by atoms with Gasteiger partial charge in [0.1, 0.15) is 0 Å². The van der Waals surface area contributed by atoms with E-state index in [2.05, 4.69) is 38.2 Å². The Labute approximate surface area is 109 Å². The van der Waals surface area contributed by atoms with E-state index >= 15 is 0 Å². The maximum Gasteiger partial charge on any atom is 0.248 e. The van der Waals surface area contributed by atoms with Gasteiger partial charge in [-0.05, 0) is 45.6 Å². The molecule has 0 bridgehead atoms. The van der Waals surface area contributed by atoms with Crippen LogP contribution in [-0.2, 0) is 6.54 Å². The molecule has 0 saturated heterocycles. The van der Waals surface area contributed by atoms with Gasteiger partial charge in [-0.25, -0.2) is 0 Å². The quantitative estimate of drug-likeness (QED) is 0.797. The molecule has 3 N–H and O–H groups in total. The summed E-state index contributed by atoms with van der Waals surface area (Å²) in [5, 5.41) is 3.41. The highest BCUT2D eigenvalue weighted by molar-refractivity contribution is 5.92. The number of benzene rings is 1. The van der Waals surface area contributed by atoms with Crippen LogP contribution in [0, 0.1) is 0 Å². The Morgan fingerprint density at radius 3 is 2.28 bits per heavy atom. The first-order valence-electron chi connectivity index (χ1n) is 6.10. The molecule has 1 aromatic rings. The van der Waals surface area contributed by atoms with E-state index in [1.807, 2.05) is 12.1 Å². The molecule has 1 amide bonds.